The minimum Gasteiger partial charge on any atom is -0.455 e. The van der Waals surface area contributed by atoms with Crippen molar-refractivity contribution in [1.82, 2.24) is 10.2 Å². The number of hydrogen-bond donors (Lipinski definition) is 2. The van der Waals surface area contributed by atoms with Gasteiger partial charge in [0.1, 0.15) is 6.10 Å². The molecule has 44 heavy (non-hydrogen) atoms. The molecule has 10 nitrogen and oxygen atoms in total. The van der Waals surface area contributed by atoms with Crippen LogP contribution in [0.3, 0.4) is 0 Å². The van der Waals surface area contributed by atoms with Crippen LogP contribution in [0.4, 0.5) is 0 Å². The molecule has 0 radical (unpaired) electrons. The van der Waals surface area contributed by atoms with Gasteiger partial charge < -0.3 is 29.5 Å². The standard InChI is InChI=1S/C34H50N2O8/c1-20-16-26-25(13-11-15-36(6)7)28(38)19-27(32(26)40)35-34(41)21(2)12-10-14-29(42-8)33(44-24(5)37)23(4)18-22(3)31(39)30(17-20)43-9/h10,12,14,18-20,22,29-31,33,39H,11,13,15-17H2,1-9H3,(H,35,41)/b14-10-,21-12+,23-18+/t20-,22+,29-,30+,31-,33+/m1/s1. The highest BCUT2D eigenvalue weighted by atomic mass is 16.6. The molecular weight excluding hydrogens is 564 g/mol. The van der Waals surface area contributed by atoms with E-state index >= 15 is 0 Å². The Morgan fingerprint density at radius 3 is 2.39 bits per heavy atom. The number of hydrogen-bond acceptors (Lipinski definition) is 9. The average Bonchev–Trinajstić information content (AvgIpc) is 2.95. The molecule has 6 atom stereocenters. The molecule has 244 valence electrons. The summed E-state index contributed by atoms with van der Waals surface area (Å²) in [6, 6.07) is 0. The zero-order valence-corrected chi connectivity index (χ0v) is 27.6. The highest BCUT2D eigenvalue weighted by Crippen LogP contribution is 2.31. The van der Waals surface area contributed by atoms with Gasteiger partial charge in [-0.1, -0.05) is 38.2 Å². The van der Waals surface area contributed by atoms with Crippen LogP contribution >= 0.6 is 0 Å². The van der Waals surface area contributed by atoms with Crippen LogP contribution in [0.15, 0.2) is 58.4 Å². The molecule has 0 fully saturated rings. The summed E-state index contributed by atoms with van der Waals surface area (Å²) in [5.41, 5.74) is 1.77. The molecule has 1 amide bonds. The number of ketones is 2. The normalized spacial score (nSPS) is 31.1. The average molecular weight is 615 g/mol. The first-order chi connectivity index (χ1) is 20.7. The summed E-state index contributed by atoms with van der Waals surface area (Å²) in [7, 11) is 6.91. The maximum atomic E-state index is 13.7. The van der Waals surface area contributed by atoms with E-state index in [2.05, 4.69) is 5.32 Å². The highest BCUT2D eigenvalue weighted by molar-refractivity contribution is 6.23. The number of nitrogens with one attached hydrogen (secondary N) is 1. The van der Waals surface area contributed by atoms with Crippen molar-refractivity contribution < 1.29 is 38.5 Å². The van der Waals surface area contributed by atoms with E-state index in [1.165, 1.54) is 27.2 Å². The van der Waals surface area contributed by atoms with Gasteiger partial charge in [0.2, 0.25) is 5.78 Å². The third-order valence-corrected chi connectivity index (χ3v) is 7.99. The summed E-state index contributed by atoms with van der Waals surface area (Å²) in [4.78, 5) is 54.1. The molecule has 0 unspecified atom stereocenters. The Balaban J connectivity index is 2.60. The number of nitrogens with zero attached hydrogens (tertiary/aromatic N) is 1. The van der Waals surface area contributed by atoms with Gasteiger partial charge in [-0.25, -0.2) is 0 Å². The number of methoxy groups -OCH3 is 2. The van der Waals surface area contributed by atoms with Gasteiger partial charge in [0.25, 0.3) is 5.91 Å². The number of fused-ring (bicyclic) bond motifs is 2. The SMILES string of the molecule is CO[C@H]1C[C@H](C)CC2=C(CCCN(C)C)C(=O)C=C(NC(=O)/C(C)=C/C=C\[C@@H](OC)[C@@H](OC(C)=O)/C(C)=C/[C@H](C)[C@H]1O)C2=O. The predicted octanol–water partition coefficient (Wildman–Crippen LogP) is 3.61. The van der Waals surface area contributed by atoms with E-state index in [-0.39, 0.29) is 35.5 Å². The molecular formula is C34H50N2O8. The van der Waals surface area contributed by atoms with Gasteiger partial charge in [0, 0.05) is 49.9 Å². The molecule has 1 heterocycles. The summed E-state index contributed by atoms with van der Waals surface area (Å²) < 4.78 is 16.9. The van der Waals surface area contributed by atoms with Gasteiger partial charge in [0.15, 0.2) is 11.9 Å². The van der Waals surface area contributed by atoms with Crippen molar-refractivity contribution in [3.8, 4) is 0 Å². The van der Waals surface area contributed by atoms with Crippen molar-refractivity contribution in [2.75, 3.05) is 34.9 Å². The third-order valence-electron chi connectivity index (χ3n) is 7.99. The number of aliphatic hydroxyl groups excluding tert-OH is 1. The monoisotopic (exact) mass is 614 g/mol. The number of carbonyl (C=O) groups is 4. The Morgan fingerprint density at radius 2 is 1.80 bits per heavy atom. The fourth-order valence-electron chi connectivity index (χ4n) is 5.54. The fourth-order valence-corrected chi connectivity index (χ4v) is 5.54. The summed E-state index contributed by atoms with van der Waals surface area (Å²) in [5, 5.41) is 14.0. The van der Waals surface area contributed by atoms with Gasteiger partial charge >= 0.3 is 5.97 Å². The van der Waals surface area contributed by atoms with Crippen molar-refractivity contribution >= 4 is 23.4 Å². The summed E-state index contributed by atoms with van der Waals surface area (Å²) in [5.74, 6) is -2.21. The van der Waals surface area contributed by atoms with Crippen LogP contribution in [0.2, 0.25) is 0 Å². The minimum atomic E-state index is -0.911. The lowest BCUT2D eigenvalue weighted by atomic mass is 9.82. The molecule has 1 aliphatic heterocycles. The van der Waals surface area contributed by atoms with E-state index in [0.29, 0.717) is 41.6 Å². The molecule has 0 saturated carbocycles. The number of carbonyl (C=O) groups excluding carboxylic acids is 4. The molecule has 10 heteroatoms. The molecule has 0 spiro atoms. The predicted molar refractivity (Wildman–Crippen MR) is 168 cm³/mol. The second kappa shape index (κ2) is 17.3. The van der Waals surface area contributed by atoms with E-state index in [4.69, 9.17) is 14.2 Å². The number of esters is 1. The second-order valence-electron chi connectivity index (χ2n) is 12.1. The lowest BCUT2D eigenvalue weighted by molar-refractivity contribution is -0.149. The van der Waals surface area contributed by atoms with Crippen LogP contribution in [0.25, 0.3) is 0 Å². The van der Waals surface area contributed by atoms with Crippen molar-refractivity contribution in [2.45, 2.75) is 84.7 Å². The topological polar surface area (TPSA) is 131 Å². The molecule has 0 aromatic rings. The largest absolute Gasteiger partial charge is 0.455 e. The Hall–Kier alpha value is -3.18. The number of aliphatic hydroxyl groups is 1. The fraction of sp³-hybridized carbons (Fsp3) is 0.588. The van der Waals surface area contributed by atoms with Crippen LogP contribution in [-0.2, 0) is 33.4 Å². The van der Waals surface area contributed by atoms with Crippen LogP contribution in [-0.4, -0.2) is 92.7 Å². The first kappa shape index (κ1) is 37.0. The molecule has 2 bridgehead atoms. The Bertz CT molecular complexity index is 1230. The molecule has 0 aromatic carbocycles. The number of amides is 1. The number of allylic oxidation sites excluding steroid dienone is 5. The molecule has 2 aliphatic rings. The quantitative estimate of drug-likeness (QED) is 0.251. The van der Waals surface area contributed by atoms with Crippen molar-refractivity contribution in [1.29, 1.82) is 0 Å². The molecule has 1 aliphatic carbocycles. The van der Waals surface area contributed by atoms with E-state index in [1.54, 1.807) is 32.1 Å². The van der Waals surface area contributed by atoms with Gasteiger partial charge in [-0.3, -0.25) is 19.2 Å². The molecule has 2 N–H and O–H groups in total. The molecule has 2 rings (SSSR count). The maximum absolute atomic E-state index is 13.7. The van der Waals surface area contributed by atoms with Crippen LogP contribution in [0.5, 0.6) is 0 Å². The zero-order valence-electron chi connectivity index (χ0n) is 27.6. The van der Waals surface area contributed by atoms with Gasteiger partial charge in [0.05, 0.1) is 17.9 Å². The van der Waals surface area contributed by atoms with Crippen LogP contribution in [0.1, 0.15) is 60.3 Å². The van der Waals surface area contributed by atoms with E-state index in [9.17, 15) is 24.3 Å². The first-order valence-electron chi connectivity index (χ1n) is 15.1. The summed E-state index contributed by atoms with van der Waals surface area (Å²) >= 11 is 0. The molecule has 0 aromatic heterocycles. The van der Waals surface area contributed by atoms with Crippen LogP contribution in [0, 0.1) is 11.8 Å². The Labute approximate surface area is 261 Å². The van der Waals surface area contributed by atoms with Gasteiger partial charge in [-0.05, 0) is 71.7 Å². The number of ether oxygens (including phenoxy) is 3. The second-order valence-corrected chi connectivity index (χ2v) is 12.1. The lowest BCUT2D eigenvalue weighted by Crippen LogP contribution is -2.36. The van der Waals surface area contributed by atoms with Gasteiger partial charge in [-0.15, -0.1) is 0 Å². The lowest BCUT2D eigenvalue weighted by Gasteiger charge is -2.30. The summed E-state index contributed by atoms with van der Waals surface area (Å²) in [6.45, 7) is 9.26. The Kier molecular flexibility index (Phi) is 14.6. The van der Waals surface area contributed by atoms with Crippen LogP contribution < -0.4 is 5.32 Å². The zero-order chi connectivity index (χ0) is 33.1. The minimum absolute atomic E-state index is 0.0605. The van der Waals surface area contributed by atoms with E-state index in [0.717, 1.165) is 6.54 Å². The van der Waals surface area contributed by atoms with Crippen molar-refractivity contribution in [3.63, 3.8) is 0 Å². The Morgan fingerprint density at radius 1 is 1.11 bits per heavy atom. The molecule has 0 saturated heterocycles. The van der Waals surface area contributed by atoms with Crippen molar-refractivity contribution in [2.24, 2.45) is 11.8 Å². The van der Waals surface area contributed by atoms with E-state index < -0.39 is 36.3 Å². The number of Topliss-reactive ketones (excluding diaryl/α,β-unsaturated/α-hetero) is 1. The number of rotatable bonds is 7. The van der Waals surface area contributed by atoms with Gasteiger partial charge in [-0.2, -0.15) is 0 Å². The smallest absolute Gasteiger partial charge is 0.303 e. The first-order valence-corrected chi connectivity index (χ1v) is 15.1. The van der Waals surface area contributed by atoms with Crippen molar-refractivity contribution in [3.05, 3.63) is 58.4 Å². The summed E-state index contributed by atoms with van der Waals surface area (Å²) in [6.07, 6.45) is 6.75. The maximum Gasteiger partial charge on any atom is 0.303 e. The van der Waals surface area contributed by atoms with E-state index in [1.807, 2.05) is 38.9 Å². The third kappa shape index (κ3) is 10.5. The highest BCUT2D eigenvalue weighted by Gasteiger charge is 2.33.